The number of aromatic nitrogens is 5. The molecular formula is C33H20FN5O7. The fraction of sp³-hybridized carbons (Fsp3) is 0.0303. The van der Waals surface area contributed by atoms with Gasteiger partial charge in [0, 0.05) is 53.5 Å². The van der Waals surface area contributed by atoms with E-state index in [1.807, 2.05) is 0 Å². The van der Waals surface area contributed by atoms with Crippen LogP contribution in [0.15, 0.2) is 96.1 Å². The quantitative estimate of drug-likeness (QED) is 0.178. The maximum absolute atomic E-state index is 14.1. The Morgan fingerprint density at radius 1 is 0.652 bits per heavy atom. The van der Waals surface area contributed by atoms with Crippen molar-refractivity contribution in [1.82, 2.24) is 24.9 Å². The lowest BCUT2D eigenvalue weighted by Gasteiger charge is -2.09. The van der Waals surface area contributed by atoms with Crippen LogP contribution in [0.1, 0.15) is 42.5 Å². The number of hydrogen-bond donors (Lipinski definition) is 3. The first-order valence-electron chi connectivity index (χ1n) is 13.5. The fourth-order valence-electron chi connectivity index (χ4n) is 4.86. The van der Waals surface area contributed by atoms with Crippen molar-refractivity contribution in [2.24, 2.45) is 0 Å². The second-order valence-electron chi connectivity index (χ2n) is 9.88. The van der Waals surface area contributed by atoms with E-state index in [4.69, 9.17) is 4.42 Å². The summed E-state index contributed by atoms with van der Waals surface area (Å²) in [5.74, 6) is -4.08. The van der Waals surface area contributed by atoms with Crippen LogP contribution in [0.25, 0.3) is 45.2 Å². The van der Waals surface area contributed by atoms with Crippen molar-refractivity contribution in [1.29, 1.82) is 0 Å². The van der Waals surface area contributed by atoms with Crippen molar-refractivity contribution in [3.8, 4) is 45.2 Å². The number of benzene rings is 3. The Morgan fingerprint density at radius 3 is 2.02 bits per heavy atom. The molecule has 3 aromatic carbocycles. The smallest absolute Gasteiger partial charge is 0.339 e. The molecule has 0 saturated carbocycles. The molecule has 0 amide bonds. The van der Waals surface area contributed by atoms with Crippen molar-refractivity contribution in [2.75, 3.05) is 0 Å². The van der Waals surface area contributed by atoms with Crippen LogP contribution in [0, 0.1) is 5.82 Å². The molecule has 0 spiro atoms. The molecule has 6 aromatic rings. The predicted octanol–water partition coefficient (Wildman–Crippen LogP) is 5.75. The lowest BCUT2D eigenvalue weighted by Crippen LogP contribution is -2.05. The van der Waals surface area contributed by atoms with Crippen LogP contribution in [0.4, 0.5) is 4.39 Å². The minimum atomic E-state index is -1.46. The number of carboxylic acids is 3. The SMILES string of the molecule is O=C(O)c1cc(Cc2ncc(-c3ccc(-c4cnc(-c5cccc(F)c5C(=O)O)nc4)cc3C(=O)O)o2)ccc1-c1ncccn1. The molecule has 3 heterocycles. The Balaban J connectivity index is 1.26. The monoisotopic (exact) mass is 617 g/mol. The van der Waals surface area contributed by atoms with Gasteiger partial charge in [0.15, 0.2) is 23.3 Å². The summed E-state index contributed by atoms with van der Waals surface area (Å²) in [6.45, 7) is 0. The zero-order valence-corrected chi connectivity index (χ0v) is 23.5. The number of nitrogens with zero attached hydrogens (tertiary/aromatic N) is 5. The highest BCUT2D eigenvalue weighted by Gasteiger charge is 2.21. The average Bonchev–Trinajstić information content (AvgIpc) is 3.52. The molecule has 0 radical (unpaired) electrons. The summed E-state index contributed by atoms with van der Waals surface area (Å²) in [6.07, 6.45) is 7.32. The number of hydrogen-bond acceptors (Lipinski definition) is 9. The van der Waals surface area contributed by atoms with Crippen LogP contribution >= 0.6 is 0 Å². The highest BCUT2D eigenvalue weighted by Crippen LogP contribution is 2.31. The molecule has 0 atom stereocenters. The average molecular weight is 618 g/mol. The van der Waals surface area contributed by atoms with Gasteiger partial charge in [0.1, 0.15) is 11.4 Å². The molecule has 0 aliphatic rings. The molecule has 0 aliphatic heterocycles. The second-order valence-corrected chi connectivity index (χ2v) is 9.88. The van der Waals surface area contributed by atoms with Crippen molar-refractivity contribution in [2.45, 2.75) is 6.42 Å². The molecular weight excluding hydrogens is 597 g/mol. The summed E-state index contributed by atoms with van der Waals surface area (Å²) in [4.78, 5) is 56.7. The van der Waals surface area contributed by atoms with Crippen LogP contribution in [-0.2, 0) is 6.42 Å². The Bertz CT molecular complexity index is 2130. The van der Waals surface area contributed by atoms with Gasteiger partial charge in [-0.2, -0.15) is 0 Å². The van der Waals surface area contributed by atoms with E-state index in [2.05, 4.69) is 24.9 Å². The molecule has 0 bridgehead atoms. The molecule has 3 N–H and O–H groups in total. The molecule has 0 unspecified atom stereocenters. The molecule has 13 heteroatoms. The van der Waals surface area contributed by atoms with Crippen LogP contribution in [-0.4, -0.2) is 58.1 Å². The van der Waals surface area contributed by atoms with Gasteiger partial charge in [0.05, 0.1) is 17.3 Å². The summed E-state index contributed by atoms with van der Waals surface area (Å²) in [7, 11) is 0. The van der Waals surface area contributed by atoms with Crippen molar-refractivity contribution >= 4 is 17.9 Å². The molecule has 12 nitrogen and oxygen atoms in total. The van der Waals surface area contributed by atoms with E-state index in [0.717, 1.165) is 6.07 Å². The zero-order chi connectivity index (χ0) is 32.4. The maximum Gasteiger partial charge on any atom is 0.339 e. The van der Waals surface area contributed by atoms with E-state index in [1.54, 1.807) is 30.3 Å². The molecule has 6 rings (SSSR count). The first-order chi connectivity index (χ1) is 22.2. The fourth-order valence-corrected chi connectivity index (χ4v) is 4.86. The Hall–Kier alpha value is -6.63. The van der Waals surface area contributed by atoms with Gasteiger partial charge in [-0.1, -0.05) is 30.3 Å². The van der Waals surface area contributed by atoms with Crippen LogP contribution in [0.3, 0.4) is 0 Å². The van der Waals surface area contributed by atoms with Crippen LogP contribution in [0.2, 0.25) is 0 Å². The number of carboxylic acid groups (broad SMARTS) is 3. The predicted molar refractivity (Wildman–Crippen MR) is 160 cm³/mol. The van der Waals surface area contributed by atoms with E-state index >= 15 is 0 Å². The van der Waals surface area contributed by atoms with Gasteiger partial charge in [0.2, 0.25) is 0 Å². The van der Waals surface area contributed by atoms with Gasteiger partial charge < -0.3 is 19.7 Å². The topological polar surface area (TPSA) is 189 Å². The normalized spacial score (nSPS) is 10.9. The molecule has 0 aliphatic carbocycles. The molecule has 226 valence electrons. The van der Waals surface area contributed by atoms with Crippen LogP contribution in [0.5, 0.6) is 0 Å². The molecule has 3 aromatic heterocycles. The third-order valence-corrected chi connectivity index (χ3v) is 7.00. The summed E-state index contributed by atoms with van der Waals surface area (Å²) >= 11 is 0. The number of carbonyl (C=O) groups is 3. The van der Waals surface area contributed by atoms with Gasteiger partial charge in [0.25, 0.3) is 0 Å². The van der Waals surface area contributed by atoms with E-state index in [-0.39, 0.29) is 52.0 Å². The molecule has 46 heavy (non-hydrogen) atoms. The Kier molecular flexibility index (Phi) is 7.79. The van der Waals surface area contributed by atoms with E-state index in [9.17, 15) is 34.1 Å². The number of aromatic carboxylic acids is 3. The lowest BCUT2D eigenvalue weighted by molar-refractivity contribution is 0.0683. The largest absolute Gasteiger partial charge is 0.478 e. The highest BCUT2D eigenvalue weighted by molar-refractivity contribution is 5.97. The molecule has 0 fully saturated rings. The summed E-state index contributed by atoms with van der Waals surface area (Å²) in [6, 6.07) is 14.8. The van der Waals surface area contributed by atoms with Crippen molar-refractivity contribution in [3.63, 3.8) is 0 Å². The van der Waals surface area contributed by atoms with Gasteiger partial charge in [-0.25, -0.2) is 43.7 Å². The third kappa shape index (κ3) is 5.79. The van der Waals surface area contributed by atoms with Gasteiger partial charge in [-0.15, -0.1) is 0 Å². The first-order valence-corrected chi connectivity index (χ1v) is 13.5. The van der Waals surface area contributed by atoms with Crippen molar-refractivity contribution in [3.05, 3.63) is 126 Å². The molecule has 0 saturated heterocycles. The Morgan fingerprint density at radius 2 is 1.33 bits per heavy atom. The van der Waals surface area contributed by atoms with E-state index in [0.29, 0.717) is 22.3 Å². The maximum atomic E-state index is 14.1. The summed E-state index contributed by atoms with van der Waals surface area (Å²) < 4.78 is 20.0. The number of rotatable bonds is 9. The number of halogens is 1. The minimum Gasteiger partial charge on any atom is -0.478 e. The first kappa shape index (κ1) is 29.4. The van der Waals surface area contributed by atoms with Crippen molar-refractivity contribution < 1.29 is 38.5 Å². The summed E-state index contributed by atoms with van der Waals surface area (Å²) in [5.41, 5.74) is 1.45. The lowest BCUT2D eigenvalue weighted by atomic mass is 9.99. The zero-order valence-electron chi connectivity index (χ0n) is 23.5. The Labute approximate surface area is 258 Å². The van der Waals surface area contributed by atoms with Gasteiger partial charge >= 0.3 is 17.9 Å². The number of oxazole rings is 1. The third-order valence-electron chi connectivity index (χ3n) is 7.00. The standard InChI is InChI=1S/C33H20FN5O7/c34-25-4-1-3-22(28(25)33(44)45)30-38-14-19(15-39-30)18-6-8-20(24(13-18)32(42)43)26-16-37-27(46-26)12-17-5-7-21(23(11-17)31(40)41)29-35-9-2-10-36-29/h1-11,13-16H,12H2,(H,40,41)(H,42,43)(H,44,45). The van der Waals surface area contributed by atoms with Crippen LogP contribution < -0.4 is 0 Å². The summed E-state index contributed by atoms with van der Waals surface area (Å²) in [5, 5.41) is 29.2. The second kappa shape index (κ2) is 12.2. The minimum absolute atomic E-state index is 0.00193. The van der Waals surface area contributed by atoms with Gasteiger partial charge in [-0.3, -0.25) is 0 Å². The highest BCUT2D eigenvalue weighted by atomic mass is 19.1. The van der Waals surface area contributed by atoms with Gasteiger partial charge in [-0.05, 0) is 41.5 Å². The van der Waals surface area contributed by atoms with E-state index in [1.165, 1.54) is 55.2 Å². The van der Waals surface area contributed by atoms with E-state index < -0.39 is 29.3 Å².